The van der Waals surface area contributed by atoms with E-state index in [4.69, 9.17) is 11.2 Å². The summed E-state index contributed by atoms with van der Waals surface area (Å²) >= 11 is 0. The lowest BCUT2D eigenvalue weighted by Gasteiger charge is -2.50. The molecule has 0 spiro atoms. The van der Waals surface area contributed by atoms with Crippen LogP contribution in [-0.2, 0) is 4.74 Å². The summed E-state index contributed by atoms with van der Waals surface area (Å²) in [5.41, 5.74) is 0.654. The van der Waals surface area contributed by atoms with Crippen molar-refractivity contribution in [3.05, 3.63) is 42.5 Å². The fourth-order valence-corrected chi connectivity index (χ4v) is 4.18. The van der Waals surface area contributed by atoms with Crippen molar-refractivity contribution >= 4 is 35.0 Å². The Morgan fingerprint density at radius 1 is 1.11 bits per heavy atom. The first-order valence-electron chi connectivity index (χ1n) is 9.38. The zero-order valence-electron chi connectivity index (χ0n) is 15.3. The van der Waals surface area contributed by atoms with Crippen molar-refractivity contribution in [2.24, 2.45) is 0 Å². The molecular weight excluding hydrogens is 360 g/mol. The Balaban J connectivity index is 0.00000210. The summed E-state index contributed by atoms with van der Waals surface area (Å²) in [6.45, 7) is 1.46. The number of hydrogen-bond acceptors (Lipinski definition) is 3. The number of fused-ring (bicyclic) bond motifs is 1. The molecule has 1 saturated heterocycles. The minimum atomic E-state index is -0.399. The molecule has 27 heavy (non-hydrogen) atoms. The molecule has 5 heteroatoms. The molecule has 4 nitrogen and oxygen atoms in total. The van der Waals surface area contributed by atoms with E-state index in [1.54, 1.807) is 0 Å². The van der Waals surface area contributed by atoms with E-state index in [9.17, 15) is 4.79 Å². The number of hydrogen-bond donors (Lipinski definition) is 1. The van der Waals surface area contributed by atoms with E-state index in [1.807, 2.05) is 42.5 Å². The Bertz CT molecular complexity index is 844. The number of nitrogens with one attached hydrogen (secondary N) is 1. The Morgan fingerprint density at radius 2 is 1.81 bits per heavy atom. The lowest BCUT2D eigenvalue weighted by atomic mass is 9.79. The Labute approximate surface area is 166 Å². The SMILES string of the molecule is C#CC1(N2CC(OC(=O)Nc3cccc4ccccc34)C2)CCCCC1.Cl. The summed E-state index contributed by atoms with van der Waals surface area (Å²) in [5.74, 6) is 3.02. The van der Waals surface area contributed by atoms with Gasteiger partial charge in [-0.05, 0) is 24.3 Å². The van der Waals surface area contributed by atoms with Crippen molar-refractivity contribution in [2.75, 3.05) is 18.4 Å². The van der Waals surface area contributed by atoms with Gasteiger partial charge in [0.25, 0.3) is 0 Å². The summed E-state index contributed by atoms with van der Waals surface area (Å²) < 4.78 is 5.59. The summed E-state index contributed by atoms with van der Waals surface area (Å²) in [6.07, 6.45) is 11.1. The molecule has 1 heterocycles. The molecule has 1 amide bonds. The third kappa shape index (κ3) is 3.90. The zero-order valence-corrected chi connectivity index (χ0v) is 16.1. The molecular formula is C22H25ClN2O2. The van der Waals surface area contributed by atoms with E-state index in [-0.39, 0.29) is 24.0 Å². The minimum absolute atomic E-state index is 0. The highest BCUT2D eigenvalue weighted by molar-refractivity contribution is 6.00. The third-order valence-electron chi connectivity index (χ3n) is 5.70. The van der Waals surface area contributed by atoms with E-state index in [0.717, 1.165) is 42.4 Å². The second-order valence-electron chi connectivity index (χ2n) is 7.32. The summed E-state index contributed by atoms with van der Waals surface area (Å²) in [7, 11) is 0. The smallest absolute Gasteiger partial charge is 0.412 e. The molecule has 2 aliphatic rings. The number of halogens is 1. The molecule has 2 aromatic rings. The predicted molar refractivity (Wildman–Crippen MR) is 111 cm³/mol. The zero-order chi connectivity index (χ0) is 18.0. The second kappa shape index (κ2) is 8.21. The first kappa shape index (κ1) is 19.5. The minimum Gasteiger partial charge on any atom is -0.443 e. The number of nitrogens with zero attached hydrogens (tertiary/aromatic N) is 1. The lowest BCUT2D eigenvalue weighted by Crippen LogP contribution is -2.63. The quantitative estimate of drug-likeness (QED) is 0.770. The van der Waals surface area contributed by atoms with Gasteiger partial charge in [-0.2, -0.15) is 0 Å². The van der Waals surface area contributed by atoms with Crippen LogP contribution in [0.15, 0.2) is 42.5 Å². The van der Waals surface area contributed by atoms with Gasteiger partial charge in [-0.1, -0.05) is 61.6 Å². The maximum absolute atomic E-state index is 12.3. The fraction of sp³-hybridized carbons (Fsp3) is 0.409. The van der Waals surface area contributed by atoms with Gasteiger partial charge in [0, 0.05) is 18.5 Å². The van der Waals surface area contributed by atoms with Gasteiger partial charge in [-0.3, -0.25) is 10.2 Å². The van der Waals surface area contributed by atoms with Crippen LogP contribution in [0.2, 0.25) is 0 Å². The number of benzene rings is 2. The summed E-state index contributed by atoms with van der Waals surface area (Å²) in [5, 5.41) is 4.98. The molecule has 0 aromatic heterocycles. The van der Waals surface area contributed by atoms with E-state index in [1.165, 1.54) is 19.3 Å². The molecule has 1 N–H and O–H groups in total. The highest BCUT2D eigenvalue weighted by Crippen LogP contribution is 2.36. The van der Waals surface area contributed by atoms with Crippen LogP contribution in [0.1, 0.15) is 32.1 Å². The normalized spacial score (nSPS) is 19.4. The van der Waals surface area contributed by atoms with Crippen LogP contribution in [0.25, 0.3) is 10.8 Å². The monoisotopic (exact) mass is 384 g/mol. The van der Waals surface area contributed by atoms with Crippen LogP contribution in [0.5, 0.6) is 0 Å². The Kier molecular flexibility index (Phi) is 5.94. The molecule has 2 aromatic carbocycles. The van der Waals surface area contributed by atoms with Gasteiger partial charge in [-0.25, -0.2) is 4.79 Å². The van der Waals surface area contributed by atoms with Crippen LogP contribution in [0.4, 0.5) is 10.5 Å². The molecule has 0 bridgehead atoms. The molecule has 1 aliphatic carbocycles. The number of terminal acetylenes is 1. The van der Waals surface area contributed by atoms with Gasteiger partial charge in [0.15, 0.2) is 0 Å². The predicted octanol–water partition coefficient (Wildman–Crippen LogP) is 4.83. The molecule has 4 rings (SSSR count). The average Bonchev–Trinajstić information content (AvgIpc) is 2.65. The number of carbonyl (C=O) groups excluding carboxylic acids is 1. The summed E-state index contributed by atoms with van der Waals surface area (Å²) in [6, 6.07) is 13.8. The first-order valence-corrected chi connectivity index (χ1v) is 9.38. The Morgan fingerprint density at radius 3 is 2.56 bits per heavy atom. The van der Waals surface area contributed by atoms with E-state index >= 15 is 0 Å². The van der Waals surface area contributed by atoms with Crippen LogP contribution in [0.3, 0.4) is 0 Å². The molecule has 0 unspecified atom stereocenters. The standard InChI is InChI=1S/C22H24N2O2.ClH/c1-2-22(13-6-3-7-14-22)24-15-18(16-24)26-21(25)23-20-12-8-10-17-9-4-5-11-19(17)20;/h1,4-5,8-12,18H,3,6-7,13-16H2,(H,23,25);1H. The number of likely N-dealkylation sites (tertiary alicyclic amines) is 1. The van der Waals surface area contributed by atoms with Crippen molar-refractivity contribution in [3.8, 4) is 12.3 Å². The largest absolute Gasteiger partial charge is 0.443 e. The topological polar surface area (TPSA) is 41.6 Å². The molecule has 0 atom stereocenters. The van der Waals surface area contributed by atoms with Crippen molar-refractivity contribution in [1.82, 2.24) is 4.90 Å². The molecule has 2 fully saturated rings. The van der Waals surface area contributed by atoms with Crippen LogP contribution >= 0.6 is 12.4 Å². The van der Waals surface area contributed by atoms with Crippen molar-refractivity contribution in [3.63, 3.8) is 0 Å². The Hall–Kier alpha value is -2.22. The molecule has 1 aliphatic heterocycles. The number of rotatable bonds is 3. The maximum atomic E-state index is 12.3. The van der Waals surface area contributed by atoms with E-state index in [0.29, 0.717) is 0 Å². The van der Waals surface area contributed by atoms with Gasteiger partial charge < -0.3 is 4.74 Å². The third-order valence-corrected chi connectivity index (χ3v) is 5.70. The highest BCUT2D eigenvalue weighted by atomic mass is 35.5. The van der Waals surface area contributed by atoms with Gasteiger partial charge in [0.1, 0.15) is 6.10 Å². The van der Waals surface area contributed by atoms with Crippen molar-refractivity contribution < 1.29 is 9.53 Å². The van der Waals surface area contributed by atoms with Crippen molar-refractivity contribution in [2.45, 2.75) is 43.7 Å². The van der Waals surface area contributed by atoms with Crippen LogP contribution in [-0.4, -0.2) is 35.7 Å². The first-order chi connectivity index (χ1) is 12.7. The summed E-state index contributed by atoms with van der Waals surface area (Å²) in [4.78, 5) is 14.6. The van der Waals surface area contributed by atoms with Crippen LogP contribution < -0.4 is 5.32 Å². The number of anilines is 1. The molecule has 142 valence electrons. The average molecular weight is 385 g/mol. The van der Waals surface area contributed by atoms with Crippen molar-refractivity contribution in [1.29, 1.82) is 0 Å². The highest BCUT2D eigenvalue weighted by Gasteiger charge is 2.44. The van der Waals surface area contributed by atoms with Gasteiger partial charge in [0.05, 0.1) is 11.2 Å². The number of ether oxygens (including phenoxy) is 1. The van der Waals surface area contributed by atoms with Gasteiger partial charge in [0.2, 0.25) is 0 Å². The number of amides is 1. The molecule has 0 radical (unpaired) electrons. The van der Waals surface area contributed by atoms with Gasteiger partial charge in [-0.15, -0.1) is 18.8 Å². The van der Waals surface area contributed by atoms with Gasteiger partial charge >= 0.3 is 6.09 Å². The van der Waals surface area contributed by atoms with Crippen LogP contribution in [0, 0.1) is 12.3 Å². The van der Waals surface area contributed by atoms with E-state index in [2.05, 4.69) is 16.1 Å². The second-order valence-corrected chi connectivity index (χ2v) is 7.32. The number of carbonyl (C=O) groups is 1. The molecule has 1 saturated carbocycles. The van der Waals surface area contributed by atoms with E-state index < -0.39 is 6.09 Å². The maximum Gasteiger partial charge on any atom is 0.412 e. The lowest BCUT2D eigenvalue weighted by molar-refractivity contribution is -0.0611. The fourth-order valence-electron chi connectivity index (χ4n) is 4.18.